The number of likely N-dealkylation sites (N-methyl/N-ethyl adjacent to an activating group) is 1. The Labute approximate surface area is 226 Å². The predicted molar refractivity (Wildman–Crippen MR) is 131 cm³/mol. The summed E-state index contributed by atoms with van der Waals surface area (Å²) in [5.74, 6) is -0.608. The number of ether oxygens (including phenoxy) is 5. The minimum atomic E-state index is -1.64. The molecule has 0 bridgehead atoms. The molecule has 39 heavy (non-hydrogen) atoms. The summed E-state index contributed by atoms with van der Waals surface area (Å²) >= 11 is 0. The SMILES string of the molecule is CNC1C(O[C@H]2OC(CO)[C@@H](NC(=O)CN)[C@H](O)C2O)O[C@H]2C[C@H](N)[C@@H](O[C@@H]3C(N)CCC[C@H]3O)OC2C1O. The van der Waals surface area contributed by atoms with E-state index >= 15 is 0 Å². The highest BCUT2D eigenvalue weighted by atomic mass is 16.8. The van der Waals surface area contributed by atoms with Crippen LogP contribution in [-0.2, 0) is 28.5 Å². The average Bonchev–Trinajstić information content (AvgIpc) is 2.91. The van der Waals surface area contributed by atoms with Crippen LogP contribution in [0.15, 0.2) is 0 Å². The van der Waals surface area contributed by atoms with Crippen LogP contribution in [0.4, 0.5) is 0 Å². The first-order valence-electron chi connectivity index (χ1n) is 13.4. The molecular weight excluding hydrogens is 522 g/mol. The van der Waals surface area contributed by atoms with E-state index in [4.69, 9.17) is 40.9 Å². The summed E-state index contributed by atoms with van der Waals surface area (Å²) < 4.78 is 29.6. The van der Waals surface area contributed by atoms with Crippen LogP contribution in [0.5, 0.6) is 0 Å². The quantitative estimate of drug-likeness (QED) is 0.131. The van der Waals surface area contributed by atoms with Crippen molar-refractivity contribution in [3.8, 4) is 0 Å². The molecule has 0 spiro atoms. The molecule has 1 amide bonds. The van der Waals surface area contributed by atoms with Gasteiger partial charge in [-0.3, -0.25) is 4.79 Å². The molecule has 1 saturated carbocycles. The average molecular weight is 566 g/mol. The molecule has 16 heteroatoms. The van der Waals surface area contributed by atoms with E-state index in [9.17, 15) is 30.3 Å². The highest BCUT2D eigenvalue weighted by molar-refractivity contribution is 5.78. The molecule has 0 aromatic heterocycles. The lowest BCUT2D eigenvalue weighted by Gasteiger charge is -2.51. The fourth-order valence-corrected chi connectivity index (χ4v) is 5.75. The zero-order valence-electron chi connectivity index (χ0n) is 21.8. The third-order valence-electron chi connectivity index (χ3n) is 7.95. The number of nitrogens with two attached hydrogens (primary N) is 3. The monoisotopic (exact) mass is 565 g/mol. The van der Waals surface area contributed by atoms with Crippen molar-refractivity contribution in [1.29, 1.82) is 0 Å². The summed E-state index contributed by atoms with van der Waals surface area (Å²) in [4.78, 5) is 11.7. The number of fused-ring (bicyclic) bond motifs is 1. The number of carbonyl (C=O) groups excluding carboxylic acids is 1. The molecule has 3 aliphatic heterocycles. The molecule has 3 saturated heterocycles. The van der Waals surface area contributed by atoms with Gasteiger partial charge >= 0.3 is 0 Å². The number of rotatable bonds is 8. The number of aliphatic hydroxyl groups is 5. The number of amides is 1. The fraction of sp³-hybridized carbons (Fsp3) is 0.957. The maximum atomic E-state index is 11.7. The normalized spacial score (nSPS) is 48.8. The summed E-state index contributed by atoms with van der Waals surface area (Å²) in [7, 11) is 1.57. The van der Waals surface area contributed by atoms with Crippen molar-refractivity contribution in [2.24, 2.45) is 17.2 Å². The van der Waals surface area contributed by atoms with E-state index in [1.54, 1.807) is 7.05 Å². The largest absolute Gasteiger partial charge is 0.394 e. The van der Waals surface area contributed by atoms with Crippen molar-refractivity contribution in [3.63, 3.8) is 0 Å². The fourth-order valence-electron chi connectivity index (χ4n) is 5.75. The molecule has 7 unspecified atom stereocenters. The summed E-state index contributed by atoms with van der Waals surface area (Å²) in [5.41, 5.74) is 17.8. The van der Waals surface area contributed by atoms with Gasteiger partial charge in [0, 0.05) is 6.04 Å². The number of hydrogen-bond donors (Lipinski definition) is 10. The molecule has 13 N–H and O–H groups in total. The third-order valence-corrected chi connectivity index (χ3v) is 7.95. The predicted octanol–water partition coefficient (Wildman–Crippen LogP) is -5.74. The Hall–Kier alpha value is -1.09. The second kappa shape index (κ2) is 13.3. The van der Waals surface area contributed by atoms with Gasteiger partial charge in [0.05, 0.1) is 43.5 Å². The van der Waals surface area contributed by atoms with Crippen molar-refractivity contribution in [2.45, 2.75) is 118 Å². The number of carbonyl (C=O) groups is 1. The standard InChI is InChI=1S/C23H43N5O11/c1-27-15-17(33)20-11(5-9(26)21(38-20)37-19-8(25)3-2-4-10(19)30)35-22(15)39-23-18(34)16(32)14(12(7-29)36-23)28-13(31)6-24/h8-12,14-23,27,29-30,32-34H,2-7,24-26H2,1H3,(H,28,31)/t8?,9-,10+,11-,12?,14+,15?,16-,17?,18?,19+,20?,21-,22?,23+/m0/s1. The zero-order chi connectivity index (χ0) is 28.4. The van der Waals surface area contributed by atoms with E-state index in [-0.39, 0.29) is 19.0 Å². The van der Waals surface area contributed by atoms with Crippen molar-refractivity contribution in [1.82, 2.24) is 10.6 Å². The van der Waals surface area contributed by atoms with Crippen molar-refractivity contribution < 1.29 is 54.0 Å². The lowest BCUT2D eigenvalue weighted by molar-refractivity contribution is -0.373. The Balaban J connectivity index is 1.42. The summed E-state index contributed by atoms with van der Waals surface area (Å²) in [6.45, 7) is -0.960. The van der Waals surface area contributed by atoms with Gasteiger partial charge < -0.3 is 77.1 Å². The van der Waals surface area contributed by atoms with Crippen LogP contribution in [0.1, 0.15) is 25.7 Å². The summed E-state index contributed by atoms with van der Waals surface area (Å²) in [5, 5.41) is 58.0. The van der Waals surface area contributed by atoms with Gasteiger partial charge in [0.25, 0.3) is 0 Å². The molecule has 4 fully saturated rings. The minimum absolute atomic E-state index is 0.212. The van der Waals surface area contributed by atoms with Crippen LogP contribution >= 0.6 is 0 Å². The van der Waals surface area contributed by atoms with Crippen molar-refractivity contribution in [3.05, 3.63) is 0 Å². The van der Waals surface area contributed by atoms with E-state index in [0.717, 1.165) is 6.42 Å². The van der Waals surface area contributed by atoms with Crippen LogP contribution < -0.4 is 27.8 Å². The highest BCUT2D eigenvalue weighted by Crippen LogP contribution is 2.35. The number of aliphatic hydroxyl groups excluding tert-OH is 5. The molecule has 4 rings (SSSR count). The van der Waals surface area contributed by atoms with Gasteiger partial charge in [-0.2, -0.15) is 0 Å². The Morgan fingerprint density at radius 3 is 2.31 bits per heavy atom. The van der Waals surface area contributed by atoms with Crippen LogP contribution in [-0.4, -0.2) is 144 Å². The van der Waals surface area contributed by atoms with Gasteiger partial charge in [0.15, 0.2) is 18.9 Å². The van der Waals surface area contributed by atoms with Gasteiger partial charge in [0.1, 0.15) is 36.6 Å². The van der Waals surface area contributed by atoms with Crippen LogP contribution in [0.3, 0.4) is 0 Å². The first-order valence-corrected chi connectivity index (χ1v) is 13.4. The molecular formula is C23H43N5O11. The van der Waals surface area contributed by atoms with Crippen molar-refractivity contribution in [2.75, 3.05) is 20.2 Å². The molecule has 3 heterocycles. The van der Waals surface area contributed by atoms with Crippen LogP contribution in [0.25, 0.3) is 0 Å². The number of hydrogen-bond acceptors (Lipinski definition) is 15. The van der Waals surface area contributed by atoms with Gasteiger partial charge in [-0.25, -0.2) is 0 Å². The topological polar surface area (TPSA) is 266 Å². The molecule has 15 atom stereocenters. The second-order valence-corrected chi connectivity index (χ2v) is 10.6. The Bertz CT molecular complexity index is 802. The summed E-state index contributed by atoms with van der Waals surface area (Å²) in [6.07, 6.45) is -9.84. The lowest BCUT2D eigenvalue weighted by atomic mass is 9.89. The van der Waals surface area contributed by atoms with Gasteiger partial charge in [0.2, 0.25) is 5.91 Å². The maximum Gasteiger partial charge on any atom is 0.234 e. The van der Waals surface area contributed by atoms with Gasteiger partial charge in [-0.1, -0.05) is 0 Å². The Morgan fingerprint density at radius 1 is 0.923 bits per heavy atom. The van der Waals surface area contributed by atoms with E-state index in [1.165, 1.54) is 0 Å². The molecule has 0 aromatic rings. The van der Waals surface area contributed by atoms with E-state index in [2.05, 4.69) is 10.6 Å². The Morgan fingerprint density at radius 2 is 1.67 bits per heavy atom. The Kier molecular flexibility index (Phi) is 10.5. The van der Waals surface area contributed by atoms with E-state index in [0.29, 0.717) is 12.8 Å². The zero-order valence-corrected chi connectivity index (χ0v) is 21.8. The molecule has 0 aromatic carbocycles. The first kappa shape index (κ1) is 30.9. The van der Waals surface area contributed by atoms with E-state index < -0.39 is 98.3 Å². The van der Waals surface area contributed by atoms with Crippen LogP contribution in [0.2, 0.25) is 0 Å². The smallest absolute Gasteiger partial charge is 0.234 e. The molecule has 226 valence electrons. The van der Waals surface area contributed by atoms with Crippen LogP contribution in [0, 0.1) is 0 Å². The number of nitrogens with one attached hydrogen (secondary N) is 2. The molecule has 16 nitrogen and oxygen atoms in total. The third kappa shape index (κ3) is 6.54. The van der Waals surface area contributed by atoms with Gasteiger partial charge in [-0.15, -0.1) is 0 Å². The maximum absolute atomic E-state index is 11.7. The summed E-state index contributed by atoms with van der Waals surface area (Å²) in [6, 6.07) is -3.06. The van der Waals surface area contributed by atoms with E-state index in [1.807, 2.05) is 0 Å². The minimum Gasteiger partial charge on any atom is -0.394 e. The lowest BCUT2D eigenvalue weighted by Crippen LogP contribution is -2.70. The first-order chi connectivity index (χ1) is 18.6. The van der Waals surface area contributed by atoms with Crippen molar-refractivity contribution >= 4 is 5.91 Å². The van der Waals surface area contributed by atoms with Gasteiger partial charge in [-0.05, 0) is 32.7 Å². The highest BCUT2D eigenvalue weighted by Gasteiger charge is 2.54. The molecule has 0 radical (unpaired) electrons. The molecule has 1 aliphatic carbocycles. The second-order valence-electron chi connectivity index (χ2n) is 10.6. The molecule has 4 aliphatic rings.